The molecule has 1 aliphatic heterocycles. The highest BCUT2D eigenvalue weighted by atomic mass is 19.3. The Morgan fingerprint density at radius 2 is 2.00 bits per heavy atom. The summed E-state index contributed by atoms with van der Waals surface area (Å²) < 4.78 is 42.9. The van der Waals surface area contributed by atoms with E-state index in [0.717, 1.165) is 12.8 Å². The fourth-order valence-electron chi connectivity index (χ4n) is 3.91. The Kier molecular flexibility index (Phi) is 5.83. The molecular formula is C24H22F3N3O2. The van der Waals surface area contributed by atoms with Crippen molar-refractivity contribution in [3.8, 4) is 17.6 Å². The van der Waals surface area contributed by atoms with Gasteiger partial charge in [0.05, 0.1) is 0 Å². The molecule has 0 saturated heterocycles. The molecule has 1 heterocycles. The summed E-state index contributed by atoms with van der Waals surface area (Å²) in [6.45, 7) is -3.49. The van der Waals surface area contributed by atoms with Gasteiger partial charge in [-0.2, -0.15) is 8.78 Å². The van der Waals surface area contributed by atoms with E-state index in [0.29, 0.717) is 22.3 Å². The van der Waals surface area contributed by atoms with Crippen LogP contribution in [0.5, 0.6) is 5.75 Å². The number of ether oxygens (including phenoxy) is 1. The summed E-state index contributed by atoms with van der Waals surface area (Å²) >= 11 is 0. The lowest BCUT2D eigenvalue weighted by Crippen LogP contribution is -2.41. The lowest BCUT2D eigenvalue weighted by molar-refractivity contribution is -0.129. The second-order valence-electron chi connectivity index (χ2n) is 7.77. The Hall–Kier alpha value is -3.47. The minimum Gasteiger partial charge on any atom is -0.435 e. The second kappa shape index (κ2) is 8.58. The molecule has 5 nitrogen and oxygen atoms in total. The van der Waals surface area contributed by atoms with E-state index >= 15 is 0 Å². The summed E-state index contributed by atoms with van der Waals surface area (Å²) in [5, 5.41) is 0. The van der Waals surface area contributed by atoms with Crippen molar-refractivity contribution < 1.29 is 22.7 Å². The van der Waals surface area contributed by atoms with Gasteiger partial charge in [-0.3, -0.25) is 14.1 Å². The number of carbonyl (C=O) groups excluding carboxylic acids is 1. The standard InChI is InChI=1S/C24H22F3N3O2/c1-30-21(31)24(29-23(30)28,17-7-4-6-15(13-17)5-2-3-12-25)18-10-11-20(32-22(26)27)19(14-18)16-8-9-16/h4,6-7,10-11,13-14,16,22H,3,8-9,12H2,1H3,(H2,28,29). The first-order valence-electron chi connectivity index (χ1n) is 10.2. The van der Waals surface area contributed by atoms with Gasteiger partial charge in [0.15, 0.2) is 11.5 Å². The number of nitrogens with zero attached hydrogens (tertiary/aromatic N) is 2. The van der Waals surface area contributed by atoms with E-state index in [1.807, 2.05) is 0 Å². The van der Waals surface area contributed by atoms with Crippen LogP contribution in [0.25, 0.3) is 0 Å². The van der Waals surface area contributed by atoms with E-state index in [9.17, 15) is 18.0 Å². The number of likely N-dealkylation sites (N-methyl/N-ethyl adjacent to an activating group) is 1. The van der Waals surface area contributed by atoms with Crippen LogP contribution < -0.4 is 10.5 Å². The molecule has 0 spiro atoms. The smallest absolute Gasteiger partial charge is 0.387 e. The highest BCUT2D eigenvalue weighted by Crippen LogP contribution is 2.48. The molecule has 1 amide bonds. The molecule has 1 atom stereocenters. The molecule has 4 rings (SSSR count). The van der Waals surface area contributed by atoms with Crippen molar-refractivity contribution >= 4 is 11.9 Å². The zero-order valence-electron chi connectivity index (χ0n) is 17.4. The van der Waals surface area contributed by atoms with Gasteiger partial charge in [0.25, 0.3) is 5.91 Å². The largest absolute Gasteiger partial charge is 0.435 e. The zero-order chi connectivity index (χ0) is 22.9. The molecule has 0 aromatic heterocycles. The third kappa shape index (κ3) is 3.91. The molecule has 2 aromatic rings. The number of hydrogen-bond donors (Lipinski definition) is 1. The molecule has 0 bridgehead atoms. The summed E-state index contributed by atoms with van der Waals surface area (Å²) in [5.41, 5.74) is 6.81. The molecule has 32 heavy (non-hydrogen) atoms. The number of carbonyl (C=O) groups is 1. The van der Waals surface area contributed by atoms with Gasteiger partial charge >= 0.3 is 6.61 Å². The summed E-state index contributed by atoms with van der Waals surface area (Å²) in [5.74, 6) is 5.50. The average molecular weight is 441 g/mol. The van der Waals surface area contributed by atoms with Crippen LogP contribution in [0.3, 0.4) is 0 Å². The van der Waals surface area contributed by atoms with Crippen LogP contribution in [-0.4, -0.2) is 37.1 Å². The topological polar surface area (TPSA) is 67.9 Å². The maximum atomic E-state index is 13.5. The lowest BCUT2D eigenvalue weighted by Gasteiger charge is -2.27. The molecule has 8 heteroatoms. The molecule has 1 unspecified atom stereocenters. The van der Waals surface area contributed by atoms with Crippen molar-refractivity contribution in [2.24, 2.45) is 10.7 Å². The van der Waals surface area contributed by atoms with Crippen molar-refractivity contribution in [2.75, 3.05) is 13.7 Å². The van der Waals surface area contributed by atoms with E-state index in [-0.39, 0.29) is 30.0 Å². The van der Waals surface area contributed by atoms with E-state index in [1.54, 1.807) is 36.4 Å². The van der Waals surface area contributed by atoms with E-state index in [4.69, 9.17) is 10.5 Å². The van der Waals surface area contributed by atoms with Crippen LogP contribution in [0.15, 0.2) is 47.5 Å². The number of rotatable bonds is 6. The summed E-state index contributed by atoms with van der Waals surface area (Å²) in [6.07, 6.45) is 1.82. The predicted octanol–water partition coefficient (Wildman–Crippen LogP) is 3.91. The summed E-state index contributed by atoms with van der Waals surface area (Å²) in [4.78, 5) is 19.3. The number of hydrogen-bond acceptors (Lipinski definition) is 4. The van der Waals surface area contributed by atoms with Crippen molar-refractivity contribution in [3.63, 3.8) is 0 Å². The summed E-state index contributed by atoms with van der Waals surface area (Å²) in [6, 6.07) is 11.7. The Morgan fingerprint density at radius 1 is 1.25 bits per heavy atom. The molecule has 166 valence electrons. The average Bonchev–Trinajstić information content (AvgIpc) is 3.59. The Morgan fingerprint density at radius 3 is 2.62 bits per heavy atom. The molecule has 2 N–H and O–H groups in total. The maximum absolute atomic E-state index is 13.5. The number of benzene rings is 2. The lowest BCUT2D eigenvalue weighted by atomic mass is 9.81. The Balaban J connectivity index is 1.87. The van der Waals surface area contributed by atoms with Crippen LogP contribution in [0.1, 0.15) is 47.4 Å². The highest BCUT2D eigenvalue weighted by Gasteiger charge is 2.50. The zero-order valence-corrected chi connectivity index (χ0v) is 17.4. The van der Waals surface area contributed by atoms with Gasteiger partial charge in [-0.25, -0.2) is 4.99 Å². The maximum Gasteiger partial charge on any atom is 0.387 e. The van der Waals surface area contributed by atoms with Gasteiger partial charge in [-0.15, -0.1) is 0 Å². The van der Waals surface area contributed by atoms with E-state index < -0.39 is 18.8 Å². The minimum atomic E-state index is -2.94. The molecule has 0 radical (unpaired) electrons. The third-order valence-electron chi connectivity index (χ3n) is 5.63. The fraction of sp³-hybridized carbons (Fsp3) is 0.333. The molecular weight excluding hydrogens is 419 g/mol. The van der Waals surface area contributed by atoms with Gasteiger partial charge in [0.1, 0.15) is 12.4 Å². The molecule has 1 fully saturated rings. The van der Waals surface area contributed by atoms with E-state index in [1.165, 1.54) is 18.0 Å². The first kappa shape index (κ1) is 21.8. The van der Waals surface area contributed by atoms with Crippen LogP contribution in [-0.2, 0) is 10.3 Å². The number of aliphatic imine (C=N–C) groups is 1. The molecule has 2 aliphatic rings. The summed E-state index contributed by atoms with van der Waals surface area (Å²) in [7, 11) is 1.53. The first-order valence-corrected chi connectivity index (χ1v) is 10.2. The van der Waals surface area contributed by atoms with Gasteiger partial charge in [-0.05, 0) is 59.7 Å². The molecule has 1 aliphatic carbocycles. The van der Waals surface area contributed by atoms with Crippen molar-refractivity contribution in [1.29, 1.82) is 0 Å². The van der Waals surface area contributed by atoms with Crippen molar-refractivity contribution in [3.05, 3.63) is 64.7 Å². The third-order valence-corrected chi connectivity index (χ3v) is 5.63. The van der Waals surface area contributed by atoms with Crippen LogP contribution in [0.2, 0.25) is 0 Å². The number of halogens is 3. The highest BCUT2D eigenvalue weighted by molar-refractivity contribution is 6.09. The number of amides is 1. The van der Waals surface area contributed by atoms with Gasteiger partial charge < -0.3 is 10.5 Å². The van der Waals surface area contributed by atoms with Crippen molar-refractivity contribution in [2.45, 2.75) is 37.3 Å². The van der Waals surface area contributed by atoms with Crippen LogP contribution in [0, 0.1) is 11.8 Å². The van der Waals surface area contributed by atoms with Crippen LogP contribution in [0.4, 0.5) is 13.2 Å². The number of alkyl halides is 3. The second-order valence-corrected chi connectivity index (χ2v) is 7.77. The minimum absolute atomic E-state index is 0.0461. The normalized spacial score (nSPS) is 20.2. The Labute approximate surface area is 184 Å². The monoisotopic (exact) mass is 441 g/mol. The van der Waals surface area contributed by atoms with Gasteiger partial charge in [0, 0.05) is 19.0 Å². The SMILES string of the molecule is CN1C(=O)C(c2cccc(C#CCCF)c2)(c2ccc(OC(F)F)c(C3CC3)c2)N=C1N. The van der Waals surface area contributed by atoms with Gasteiger partial charge in [-0.1, -0.05) is 30.0 Å². The Bertz CT molecular complexity index is 1130. The quantitative estimate of drug-likeness (QED) is 0.692. The molecule has 2 aromatic carbocycles. The van der Waals surface area contributed by atoms with Gasteiger partial charge in [0.2, 0.25) is 0 Å². The van der Waals surface area contributed by atoms with Crippen LogP contribution >= 0.6 is 0 Å². The van der Waals surface area contributed by atoms with Crippen molar-refractivity contribution in [1.82, 2.24) is 4.90 Å². The molecule has 1 saturated carbocycles. The number of guanidine groups is 1. The number of nitrogens with two attached hydrogens (primary N) is 1. The first-order chi connectivity index (χ1) is 15.4. The predicted molar refractivity (Wildman–Crippen MR) is 114 cm³/mol. The fourth-order valence-corrected chi connectivity index (χ4v) is 3.91. The van der Waals surface area contributed by atoms with E-state index in [2.05, 4.69) is 16.8 Å².